The molecule has 0 saturated heterocycles. The molecule has 1 amide bonds. The summed E-state index contributed by atoms with van der Waals surface area (Å²) >= 11 is 0. The van der Waals surface area contributed by atoms with Crippen LogP contribution in [0.4, 0.5) is 5.69 Å². The maximum atomic E-state index is 12.1. The van der Waals surface area contributed by atoms with E-state index in [0.29, 0.717) is 17.8 Å². The molecule has 114 valence electrons. The van der Waals surface area contributed by atoms with Crippen LogP contribution in [0, 0.1) is 0 Å². The summed E-state index contributed by atoms with van der Waals surface area (Å²) in [6.45, 7) is 0.437. The third-order valence-electron chi connectivity index (χ3n) is 3.41. The number of anilines is 1. The van der Waals surface area contributed by atoms with Crippen molar-refractivity contribution in [2.75, 3.05) is 5.73 Å². The SMILES string of the molecule is Nc1ccc(-c2ccc(C(=O)NCc3cccnc3)cn2)cc1. The molecule has 0 saturated carbocycles. The third-order valence-corrected chi connectivity index (χ3v) is 3.41. The summed E-state index contributed by atoms with van der Waals surface area (Å²) in [4.78, 5) is 20.5. The van der Waals surface area contributed by atoms with Crippen molar-refractivity contribution in [3.63, 3.8) is 0 Å². The molecule has 0 atom stereocenters. The van der Waals surface area contributed by atoms with Crippen molar-refractivity contribution in [2.45, 2.75) is 6.54 Å². The van der Waals surface area contributed by atoms with Crippen molar-refractivity contribution in [1.29, 1.82) is 0 Å². The fraction of sp³-hybridized carbons (Fsp3) is 0.0556. The zero-order chi connectivity index (χ0) is 16.1. The van der Waals surface area contributed by atoms with E-state index in [-0.39, 0.29) is 5.91 Å². The molecule has 0 aliphatic carbocycles. The van der Waals surface area contributed by atoms with Gasteiger partial charge in [-0.1, -0.05) is 18.2 Å². The topological polar surface area (TPSA) is 80.9 Å². The number of nitrogens with one attached hydrogen (secondary N) is 1. The normalized spacial score (nSPS) is 10.3. The molecule has 0 radical (unpaired) electrons. The van der Waals surface area contributed by atoms with Gasteiger partial charge in [-0.15, -0.1) is 0 Å². The molecule has 0 unspecified atom stereocenters. The van der Waals surface area contributed by atoms with Crippen LogP contribution in [0.2, 0.25) is 0 Å². The Balaban J connectivity index is 1.67. The molecule has 0 fully saturated rings. The number of hydrogen-bond acceptors (Lipinski definition) is 4. The summed E-state index contributed by atoms with van der Waals surface area (Å²) in [6.07, 6.45) is 5.00. The zero-order valence-electron chi connectivity index (χ0n) is 12.4. The van der Waals surface area contributed by atoms with Crippen LogP contribution >= 0.6 is 0 Å². The van der Waals surface area contributed by atoms with E-state index in [9.17, 15) is 4.79 Å². The highest BCUT2D eigenvalue weighted by atomic mass is 16.1. The molecular weight excluding hydrogens is 288 g/mol. The molecule has 5 heteroatoms. The minimum absolute atomic E-state index is 0.162. The molecule has 0 aliphatic rings. The lowest BCUT2D eigenvalue weighted by atomic mass is 10.1. The molecular formula is C18H16N4O. The summed E-state index contributed by atoms with van der Waals surface area (Å²) in [6, 6.07) is 14.8. The van der Waals surface area contributed by atoms with Gasteiger partial charge >= 0.3 is 0 Å². The summed E-state index contributed by atoms with van der Waals surface area (Å²) in [7, 11) is 0. The van der Waals surface area contributed by atoms with E-state index in [1.54, 1.807) is 24.7 Å². The summed E-state index contributed by atoms with van der Waals surface area (Å²) in [5, 5.41) is 2.85. The van der Waals surface area contributed by atoms with E-state index in [2.05, 4.69) is 15.3 Å². The van der Waals surface area contributed by atoms with Gasteiger partial charge in [0.15, 0.2) is 0 Å². The number of rotatable bonds is 4. The minimum Gasteiger partial charge on any atom is -0.399 e. The van der Waals surface area contributed by atoms with Crippen LogP contribution in [0.3, 0.4) is 0 Å². The Bertz CT molecular complexity index is 784. The standard InChI is InChI=1S/C18H16N4O/c19-16-6-3-14(4-7-16)17-8-5-15(12-21-17)18(23)22-11-13-2-1-9-20-10-13/h1-10,12H,11,19H2,(H,22,23). The first kappa shape index (κ1) is 14.7. The van der Waals surface area contributed by atoms with Crippen molar-refractivity contribution in [3.05, 3.63) is 78.2 Å². The maximum Gasteiger partial charge on any atom is 0.253 e. The Hall–Kier alpha value is -3.21. The van der Waals surface area contributed by atoms with Gasteiger partial charge in [0.05, 0.1) is 11.3 Å². The van der Waals surface area contributed by atoms with Crippen LogP contribution in [0.15, 0.2) is 67.1 Å². The molecule has 3 rings (SSSR count). The quantitative estimate of drug-likeness (QED) is 0.726. The van der Waals surface area contributed by atoms with Gasteiger partial charge in [0.25, 0.3) is 5.91 Å². The van der Waals surface area contributed by atoms with E-state index in [0.717, 1.165) is 16.8 Å². The smallest absolute Gasteiger partial charge is 0.253 e. The average molecular weight is 304 g/mol. The molecule has 1 aromatic carbocycles. The lowest BCUT2D eigenvalue weighted by Gasteiger charge is -2.06. The molecule has 2 aromatic heterocycles. The van der Waals surface area contributed by atoms with Gasteiger partial charge in [0.1, 0.15) is 0 Å². The second kappa shape index (κ2) is 6.70. The summed E-state index contributed by atoms with van der Waals surface area (Å²) in [5.41, 5.74) is 9.61. The van der Waals surface area contributed by atoms with Crippen molar-refractivity contribution < 1.29 is 4.79 Å². The van der Waals surface area contributed by atoms with Gasteiger partial charge < -0.3 is 11.1 Å². The van der Waals surface area contributed by atoms with Gasteiger partial charge in [-0.3, -0.25) is 14.8 Å². The Kier molecular flexibility index (Phi) is 4.29. The van der Waals surface area contributed by atoms with Crippen LogP contribution in [0.25, 0.3) is 11.3 Å². The second-order valence-corrected chi connectivity index (χ2v) is 5.10. The van der Waals surface area contributed by atoms with Crippen LogP contribution < -0.4 is 11.1 Å². The van der Waals surface area contributed by atoms with Crippen molar-refractivity contribution in [1.82, 2.24) is 15.3 Å². The average Bonchev–Trinajstić information content (AvgIpc) is 2.61. The number of pyridine rings is 2. The highest BCUT2D eigenvalue weighted by molar-refractivity contribution is 5.94. The van der Waals surface area contributed by atoms with Crippen molar-refractivity contribution >= 4 is 11.6 Å². The Morgan fingerprint density at radius 3 is 2.52 bits per heavy atom. The number of amides is 1. The van der Waals surface area contributed by atoms with Gasteiger partial charge in [0.2, 0.25) is 0 Å². The number of nitrogens with zero attached hydrogens (tertiary/aromatic N) is 2. The predicted molar refractivity (Wildman–Crippen MR) is 89.5 cm³/mol. The minimum atomic E-state index is -0.162. The first-order valence-corrected chi connectivity index (χ1v) is 7.21. The van der Waals surface area contributed by atoms with Crippen LogP contribution in [0.1, 0.15) is 15.9 Å². The maximum absolute atomic E-state index is 12.1. The lowest BCUT2D eigenvalue weighted by molar-refractivity contribution is 0.0950. The largest absolute Gasteiger partial charge is 0.399 e. The fourth-order valence-corrected chi connectivity index (χ4v) is 2.14. The molecule has 2 heterocycles. The second-order valence-electron chi connectivity index (χ2n) is 5.10. The van der Waals surface area contributed by atoms with Crippen molar-refractivity contribution in [2.24, 2.45) is 0 Å². The predicted octanol–water partition coefficient (Wildman–Crippen LogP) is 2.66. The molecule has 0 spiro atoms. The van der Waals surface area contributed by atoms with Crippen molar-refractivity contribution in [3.8, 4) is 11.3 Å². The summed E-state index contributed by atoms with van der Waals surface area (Å²) in [5.74, 6) is -0.162. The van der Waals surface area contributed by atoms with Gasteiger partial charge in [-0.25, -0.2) is 0 Å². The summed E-state index contributed by atoms with van der Waals surface area (Å²) < 4.78 is 0. The van der Waals surface area contributed by atoms with Gasteiger partial charge in [0, 0.05) is 36.4 Å². The van der Waals surface area contributed by atoms with E-state index < -0.39 is 0 Å². The van der Waals surface area contributed by atoms with E-state index in [1.807, 2.05) is 42.5 Å². The number of hydrogen-bond donors (Lipinski definition) is 2. The Morgan fingerprint density at radius 2 is 1.87 bits per heavy atom. The van der Waals surface area contributed by atoms with E-state index >= 15 is 0 Å². The fourth-order valence-electron chi connectivity index (χ4n) is 2.14. The number of carbonyl (C=O) groups is 1. The molecule has 3 aromatic rings. The first-order valence-electron chi connectivity index (χ1n) is 7.21. The van der Waals surface area contributed by atoms with Crippen LogP contribution in [-0.2, 0) is 6.54 Å². The highest BCUT2D eigenvalue weighted by Gasteiger charge is 2.07. The number of benzene rings is 1. The van der Waals surface area contributed by atoms with Crippen LogP contribution in [-0.4, -0.2) is 15.9 Å². The van der Waals surface area contributed by atoms with Gasteiger partial charge in [-0.05, 0) is 35.9 Å². The zero-order valence-corrected chi connectivity index (χ0v) is 12.4. The van der Waals surface area contributed by atoms with Crippen LogP contribution in [0.5, 0.6) is 0 Å². The van der Waals surface area contributed by atoms with E-state index in [4.69, 9.17) is 5.73 Å². The lowest BCUT2D eigenvalue weighted by Crippen LogP contribution is -2.22. The molecule has 23 heavy (non-hydrogen) atoms. The Morgan fingerprint density at radius 1 is 1.04 bits per heavy atom. The first-order chi connectivity index (χ1) is 11.2. The Labute approximate surface area is 134 Å². The highest BCUT2D eigenvalue weighted by Crippen LogP contribution is 2.18. The number of carbonyl (C=O) groups excluding carboxylic acids is 1. The monoisotopic (exact) mass is 304 g/mol. The van der Waals surface area contributed by atoms with Gasteiger partial charge in [-0.2, -0.15) is 0 Å². The molecule has 5 nitrogen and oxygen atoms in total. The number of aromatic nitrogens is 2. The van der Waals surface area contributed by atoms with E-state index in [1.165, 1.54) is 0 Å². The number of nitrogen functional groups attached to an aromatic ring is 1. The molecule has 0 aliphatic heterocycles. The molecule has 3 N–H and O–H groups in total. The third kappa shape index (κ3) is 3.71. The number of nitrogens with two attached hydrogens (primary N) is 1. The molecule has 0 bridgehead atoms.